The lowest BCUT2D eigenvalue weighted by atomic mass is 10.2. The molecule has 0 atom stereocenters. The number of carbonyl (C=O) groups is 2. The van der Waals surface area contributed by atoms with Gasteiger partial charge in [0.25, 0.3) is 5.91 Å². The zero-order valence-corrected chi connectivity index (χ0v) is 15.8. The molecule has 3 rings (SSSR count). The number of aliphatic carboxylic acids is 1. The average molecular weight is 386 g/mol. The summed E-state index contributed by atoms with van der Waals surface area (Å²) in [5.41, 5.74) is 0.990. The first-order valence-electron chi connectivity index (χ1n) is 7.98. The highest BCUT2D eigenvalue weighted by Gasteiger charge is 2.10. The number of likely N-dealkylation sites (N-methyl/N-ethyl adjacent to an activating group) is 1. The number of nitrogens with zero attached hydrogens (tertiary/aromatic N) is 1. The highest BCUT2D eigenvalue weighted by atomic mass is 32.2. The first-order valence-corrected chi connectivity index (χ1v) is 9.57. The molecule has 0 aliphatic rings. The smallest absolute Gasteiger partial charge is 0.318 e. The molecule has 0 saturated carbocycles. The Balaban J connectivity index is 1.55. The van der Waals surface area contributed by atoms with Crippen LogP contribution in [-0.4, -0.2) is 34.9 Å². The zero-order chi connectivity index (χ0) is 18.5. The number of thiophene rings is 1. The number of hydrogen-bond donors (Lipinski definition) is 2. The standard InChI is InChI=1S/C19H18N2O3S2/c1-21(12-18(22)23)26-15-8-6-13(7-9-15)11-20-19(24)17-10-14-4-2-3-5-16(14)25-17/h2-10H,11-12H2,1H3,(H,20,24)(H,22,23). The predicted molar refractivity (Wildman–Crippen MR) is 106 cm³/mol. The van der Waals surface area contributed by atoms with Gasteiger partial charge in [-0.2, -0.15) is 0 Å². The van der Waals surface area contributed by atoms with Crippen molar-refractivity contribution >= 4 is 45.2 Å². The van der Waals surface area contributed by atoms with E-state index in [0.29, 0.717) is 11.4 Å². The molecule has 134 valence electrons. The van der Waals surface area contributed by atoms with Crippen LogP contribution in [0.3, 0.4) is 0 Å². The van der Waals surface area contributed by atoms with Crippen molar-refractivity contribution in [2.45, 2.75) is 11.4 Å². The average Bonchev–Trinajstić information content (AvgIpc) is 3.04. The molecule has 5 nitrogen and oxygen atoms in total. The molecule has 0 bridgehead atoms. The van der Waals surface area contributed by atoms with Gasteiger partial charge in [-0.05, 0) is 54.2 Å². The van der Waals surface area contributed by atoms with Gasteiger partial charge in [0.2, 0.25) is 0 Å². The van der Waals surface area contributed by atoms with E-state index in [1.54, 1.807) is 11.4 Å². The predicted octanol–water partition coefficient (Wildman–Crippen LogP) is 3.85. The van der Waals surface area contributed by atoms with E-state index in [9.17, 15) is 9.59 Å². The van der Waals surface area contributed by atoms with Gasteiger partial charge in [-0.1, -0.05) is 30.3 Å². The minimum Gasteiger partial charge on any atom is -0.480 e. The van der Waals surface area contributed by atoms with E-state index < -0.39 is 5.97 Å². The molecular weight excluding hydrogens is 368 g/mol. The molecule has 0 saturated heterocycles. The van der Waals surface area contributed by atoms with Crippen LogP contribution in [-0.2, 0) is 11.3 Å². The van der Waals surface area contributed by atoms with Gasteiger partial charge in [-0.15, -0.1) is 11.3 Å². The molecule has 0 radical (unpaired) electrons. The Morgan fingerprint density at radius 1 is 1.15 bits per heavy atom. The molecule has 1 heterocycles. The third kappa shape index (κ3) is 4.85. The van der Waals surface area contributed by atoms with E-state index in [1.807, 2.05) is 54.6 Å². The molecule has 7 heteroatoms. The third-order valence-corrected chi connectivity index (χ3v) is 5.68. The SMILES string of the molecule is CN(CC(=O)O)Sc1ccc(CNC(=O)c2cc3ccccc3s2)cc1. The molecule has 2 N–H and O–H groups in total. The number of carboxylic acid groups (broad SMARTS) is 1. The maximum Gasteiger partial charge on any atom is 0.318 e. The summed E-state index contributed by atoms with van der Waals surface area (Å²) in [7, 11) is 1.73. The number of nitrogens with one attached hydrogen (secondary N) is 1. The van der Waals surface area contributed by atoms with Gasteiger partial charge in [0.1, 0.15) is 6.54 Å². The summed E-state index contributed by atoms with van der Waals surface area (Å²) in [6, 6.07) is 17.6. The van der Waals surface area contributed by atoms with Crippen LogP contribution < -0.4 is 5.32 Å². The molecule has 1 amide bonds. The molecule has 26 heavy (non-hydrogen) atoms. The van der Waals surface area contributed by atoms with E-state index in [2.05, 4.69) is 5.32 Å². The Morgan fingerprint density at radius 2 is 1.88 bits per heavy atom. The van der Waals surface area contributed by atoms with Crippen molar-refractivity contribution in [3.8, 4) is 0 Å². The van der Waals surface area contributed by atoms with Gasteiger partial charge in [0.15, 0.2) is 0 Å². The van der Waals surface area contributed by atoms with E-state index in [-0.39, 0.29) is 12.5 Å². The number of rotatable bonds is 7. The summed E-state index contributed by atoms with van der Waals surface area (Å²) in [6.07, 6.45) is 0. The van der Waals surface area contributed by atoms with Gasteiger partial charge in [0.05, 0.1) is 4.88 Å². The van der Waals surface area contributed by atoms with Gasteiger partial charge in [-0.3, -0.25) is 9.59 Å². The Labute approximate surface area is 159 Å². The van der Waals surface area contributed by atoms with Crippen LogP contribution in [0.25, 0.3) is 10.1 Å². The van der Waals surface area contributed by atoms with Gasteiger partial charge >= 0.3 is 5.97 Å². The van der Waals surface area contributed by atoms with E-state index >= 15 is 0 Å². The van der Waals surface area contributed by atoms with Crippen molar-refractivity contribution in [1.82, 2.24) is 9.62 Å². The lowest BCUT2D eigenvalue weighted by molar-refractivity contribution is -0.136. The minimum atomic E-state index is -0.861. The lowest BCUT2D eigenvalue weighted by Gasteiger charge is -2.12. The number of carbonyl (C=O) groups excluding carboxylic acids is 1. The first kappa shape index (κ1) is 18.4. The molecule has 0 aliphatic heterocycles. The second-order valence-electron chi connectivity index (χ2n) is 5.75. The number of carboxylic acids is 1. The Kier molecular flexibility index (Phi) is 5.92. The summed E-state index contributed by atoms with van der Waals surface area (Å²) in [4.78, 5) is 24.7. The van der Waals surface area contributed by atoms with Crippen LogP contribution >= 0.6 is 23.3 Å². The van der Waals surface area contributed by atoms with Crippen LogP contribution in [0, 0.1) is 0 Å². The lowest BCUT2D eigenvalue weighted by Crippen LogP contribution is -2.21. The number of fused-ring (bicyclic) bond motifs is 1. The largest absolute Gasteiger partial charge is 0.480 e. The second kappa shape index (κ2) is 8.35. The topological polar surface area (TPSA) is 69.6 Å². The highest BCUT2D eigenvalue weighted by molar-refractivity contribution is 7.97. The van der Waals surface area contributed by atoms with Crippen LogP contribution in [0.15, 0.2) is 59.5 Å². The van der Waals surface area contributed by atoms with Crippen LogP contribution in [0.4, 0.5) is 0 Å². The summed E-state index contributed by atoms with van der Waals surface area (Å²) >= 11 is 2.86. The summed E-state index contributed by atoms with van der Waals surface area (Å²) < 4.78 is 2.75. The minimum absolute atomic E-state index is 0.0301. The Hall–Kier alpha value is -2.35. The normalized spacial score (nSPS) is 11.0. The fourth-order valence-corrected chi connectivity index (χ4v) is 4.21. The number of amides is 1. The van der Waals surface area contributed by atoms with Crippen LogP contribution in [0.2, 0.25) is 0 Å². The number of benzene rings is 2. The van der Waals surface area contributed by atoms with Crippen LogP contribution in [0.1, 0.15) is 15.2 Å². The van der Waals surface area contributed by atoms with E-state index in [0.717, 1.165) is 20.5 Å². The quantitative estimate of drug-likeness (QED) is 0.604. The van der Waals surface area contributed by atoms with E-state index in [4.69, 9.17) is 5.11 Å². The molecule has 1 aromatic heterocycles. The maximum absolute atomic E-state index is 12.3. The van der Waals surface area contributed by atoms with Gasteiger partial charge in [0, 0.05) is 16.1 Å². The number of hydrogen-bond acceptors (Lipinski definition) is 5. The van der Waals surface area contributed by atoms with Gasteiger partial charge < -0.3 is 10.4 Å². The maximum atomic E-state index is 12.3. The molecule has 2 aromatic carbocycles. The Morgan fingerprint density at radius 3 is 2.58 bits per heavy atom. The van der Waals surface area contributed by atoms with Crippen molar-refractivity contribution in [3.63, 3.8) is 0 Å². The molecule has 0 unspecified atom stereocenters. The fraction of sp³-hybridized carbons (Fsp3) is 0.158. The zero-order valence-electron chi connectivity index (χ0n) is 14.1. The fourth-order valence-electron chi connectivity index (χ4n) is 2.43. The molecule has 0 spiro atoms. The molecule has 0 aliphatic carbocycles. The summed E-state index contributed by atoms with van der Waals surface area (Å²) in [5, 5.41) is 12.8. The van der Waals surface area contributed by atoms with Crippen molar-refractivity contribution in [3.05, 3.63) is 65.0 Å². The molecular formula is C19H18N2O3S2. The first-order chi connectivity index (χ1) is 12.5. The van der Waals surface area contributed by atoms with Gasteiger partial charge in [-0.25, -0.2) is 4.31 Å². The van der Waals surface area contributed by atoms with Crippen molar-refractivity contribution in [2.75, 3.05) is 13.6 Å². The molecule has 3 aromatic rings. The second-order valence-corrected chi connectivity index (χ2v) is 8.11. The monoisotopic (exact) mass is 386 g/mol. The molecule has 0 fully saturated rings. The van der Waals surface area contributed by atoms with Crippen molar-refractivity contribution in [1.29, 1.82) is 0 Å². The Bertz CT molecular complexity index is 889. The third-order valence-electron chi connectivity index (χ3n) is 3.64. The van der Waals surface area contributed by atoms with Crippen molar-refractivity contribution in [2.24, 2.45) is 0 Å². The van der Waals surface area contributed by atoms with E-state index in [1.165, 1.54) is 23.3 Å². The van der Waals surface area contributed by atoms with Crippen molar-refractivity contribution < 1.29 is 14.7 Å². The highest BCUT2D eigenvalue weighted by Crippen LogP contribution is 2.25. The summed E-state index contributed by atoms with van der Waals surface area (Å²) in [6.45, 7) is 0.417. The van der Waals surface area contributed by atoms with Crippen LogP contribution in [0.5, 0.6) is 0 Å². The summed E-state index contributed by atoms with van der Waals surface area (Å²) in [5.74, 6) is -0.939.